The van der Waals surface area contributed by atoms with Crippen LogP contribution in [0.3, 0.4) is 0 Å². The highest BCUT2D eigenvalue weighted by molar-refractivity contribution is 5.33. The molecular weight excluding hydrogens is 368 g/mol. The van der Waals surface area contributed by atoms with Crippen molar-refractivity contribution in [3.05, 3.63) is 24.3 Å². The van der Waals surface area contributed by atoms with Gasteiger partial charge in [0.05, 0.1) is 0 Å². The number of allylic oxidation sites excluding steroid dienone is 2. The first-order valence-electron chi connectivity index (χ1n) is 12.9. The van der Waals surface area contributed by atoms with Crippen molar-refractivity contribution in [2.45, 2.75) is 104 Å². The molecule has 4 aliphatic carbocycles. The summed E-state index contributed by atoms with van der Waals surface area (Å²) >= 11 is 0. The van der Waals surface area contributed by atoms with Crippen molar-refractivity contribution in [3.63, 3.8) is 0 Å². The van der Waals surface area contributed by atoms with Crippen LogP contribution < -0.4 is 0 Å². The maximum absolute atomic E-state index is 6.53. The van der Waals surface area contributed by atoms with E-state index in [4.69, 9.17) is 9.78 Å². The van der Waals surface area contributed by atoms with Crippen LogP contribution in [0, 0.1) is 46.3 Å². The van der Waals surface area contributed by atoms with Crippen molar-refractivity contribution in [2.24, 2.45) is 46.3 Å². The SMILES string of the molecule is CC(C)C(C)C=CC(C)C1CCC2C1(C)CCC1C23C=CC2(CCCCC12C)OO3. The van der Waals surface area contributed by atoms with Gasteiger partial charge in [-0.3, -0.25) is 0 Å². The maximum Gasteiger partial charge on any atom is 0.128 e. The number of hydrogen-bond donors (Lipinski definition) is 0. The molecule has 3 saturated carbocycles. The smallest absolute Gasteiger partial charge is 0.128 e. The van der Waals surface area contributed by atoms with Gasteiger partial charge in [-0.2, -0.15) is 0 Å². The molecule has 9 unspecified atom stereocenters. The lowest BCUT2D eigenvalue weighted by Crippen LogP contribution is -2.72. The van der Waals surface area contributed by atoms with Crippen LogP contribution in [0.1, 0.15) is 92.9 Å². The monoisotopic (exact) mass is 412 g/mol. The third-order valence-electron chi connectivity index (χ3n) is 11.1. The Labute approximate surface area is 184 Å². The molecule has 2 spiro atoms. The summed E-state index contributed by atoms with van der Waals surface area (Å²) in [6.07, 6.45) is 20.3. The molecule has 2 bridgehead atoms. The molecule has 6 aliphatic rings. The quantitative estimate of drug-likeness (QED) is 0.351. The summed E-state index contributed by atoms with van der Waals surface area (Å²) in [5, 5.41) is 0. The van der Waals surface area contributed by atoms with Gasteiger partial charge in [0.2, 0.25) is 0 Å². The Morgan fingerprint density at radius 3 is 2.30 bits per heavy atom. The molecule has 2 heterocycles. The van der Waals surface area contributed by atoms with Gasteiger partial charge in [0.25, 0.3) is 0 Å². The van der Waals surface area contributed by atoms with Crippen molar-refractivity contribution < 1.29 is 9.78 Å². The van der Waals surface area contributed by atoms with E-state index in [-0.39, 0.29) is 16.6 Å². The first-order chi connectivity index (χ1) is 14.2. The van der Waals surface area contributed by atoms with E-state index in [0.29, 0.717) is 35.0 Å². The summed E-state index contributed by atoms with van der Waals surface area (Å²) in [5.74, 6) is 3.95. The molecule has 1 saturated heterocycles. The molecule has 168 valence electrons. The zero-order valence-corrected chi connectivity index (χ0v) is 20.2. The van der Waals surface area contributed by atoms with E-state index < -0.39 is 0 Å². The molecule has 4 fully saturated rings. The van der Waals surface area contributed by atoms with Crippen LogP contribution in [0.4, 0.5) is 0 Å². The molecule has 0 aromatic heterocycles. The minimum Gasteiger partial charge on any atom is -0.224 e. The Morgan fingerprint density at radius 1 is 0.833 bits per heavy atom. The van der Waals surface area contributed by atoms with Gasteiger partial charge in [-0.05, 0) is 67.6 Å². The minimum absolute atomic E-state index is 0.160. The van der Waals surface area contributed by atoms with Crippen molar-refractivity contribution in [3.8, 4) is 0 Å². The summed E-state index contributed by atoms with van der Waals surface area (Å²) in [4.78, 5) is 12.9. The molecule has 30 heavy (non-hydrogen) atoms. The third-order valence-corrected chi connectivity index (χ3v) is 11.1. The molecule has 2 aliphatic heterocycles. The second-order valence-electron chi connectivity index (χ2n) is 12.5. The van der Waals surface area contributed by atoms with Gasteiger partial charge in [-0.15, -0.1) is 0 Å². The van der Waals surface area contributed by atoms with Crippen molar-refractivity contribution in [1.29, 1.82) is 0 Å². The largest absolute Gasteiger partial charge is 0.224 e. The van der Waals surface area contributed by atoms with Crippen molar-refractivity contribution in [1.82, 2.24) is 0 Å². The summed E-state index contributed by atoms with van der Waals surface area (Å²) in [7, 11) is 0. The Hall–Kier alpha value is -0.600. The van der Waals surface area contributed by atoms with E-state index in [1.807, 2.05) is 0 Å². The summed E-state index contributed by atoms with van der Waals surface area (Å²) in [6.45, 7) is 14.6. The fourth-order valence-corrected chi connectivity index (χ4v) is 8.75. The predicted molar refractivity (Wildman–Crippen MR) is 123 cm³/mol. The molecule has 0 N–H and O–H groups in total. The van der Waals surface area contributed by atoms with Crippen LogP contribution in [0.15, 0.2) is 24.3 Å². The zero-order chi connectivity index (χ0) is 21.4. The fraction of sp³-hybridized carbons (Fsp3) is 0.857. The topological polar surface area (TPSA) is 18.5 Å². The van der Waals surface area contributed by atoms with Crippen LogP contribution in [0.5, 0.6) is 0 Å². The van der Waals surface area contributed by atoms with E-state index >= 15 is 0 Å². The Bertz CT molecular complexity index is 739. The highest BCUT2D eigenvalue weighted by Crippen LogP contribution is 2.72. The van der Waals surface area contributed by atoms with Gasteiger partial charge in [0, 0.05) is 17.3 Å². The van der Waals surface area contributed by atoms with Crippen molar-refractivity contribution >= 4 is 0 Å². The van der Waals surface area contributed by atoms with E-state index in [1.54, 1.807) is 0 Å². The molecule has 0 amide bonds. The van der Waals surface area contributed by atoms with Crippen LogP contribution in [-0.2, 0) is 9.78 Å². The average molecular weight is 413 g/mol. The normalized spacial score (nSPS) is 51.6. The standard InChI is InChI=1S/C28H44O2/c1-19(2)20(3)9-10-21(4)22-11-12-23-25(22,5)16-13-24-26(6)14-7-8-15-27(26)17-18-28(23,24)30-29-27/h9-10,17-24H,7-8,11-16H2,1-6H3. The van der Waals surface area contributed by atoms with Crippen LogP contribution in [0.25, 0.3) is 0 Å². The first-order valence-corrected chi connectivity index (χ1v) is 12.9. The number of fused-ring (bicyclic) bond motifs is 2. The van der Waals surface area contributed by atoms with Crippen molar-refractivity contribution in [2.75, 3.05) is 0 Å². The lowest BCUT2D eigenvalue weighted by atomic mass is 9.43. The molecule has 9 atom stereocenters. The summed E-state index contributed by atoms with van der Waals surface area (Å²) in [5.41, 5.74) is 0.240. The van der Waals surface area contributed by atoms with Crippen LogP contribution in [0.2, 0.25) is 0 Å². The number of hydrogen-bond acceptors (Lipinski definition) is 2. The molecule has 0 aromatic rings. The molecule has 0 radical (unpaired) electrons. The fourth-order valence-electron chi connectivity index (χ4n) is 8.75. The molecule has 2 nitrogen and oxygen atoms in total. The van der Waals surface area contributed by atoms with Gasteiger partial charge in [-0.25, -0.2) is 9.78 Å². The second kappa shape index (κ2) is 6.95. The highest BCUT2D eigenvalue weighted by atomic mass is 17.2. The third kappa shape index (κ3) is 2.62. The van der Waals surface area contributed by atoms with Gasteiger partial charge in [-0.1, -0.05) is 78.7 Å². The van der Waals surface area contributed by atoms with Gasteiger partial charge >= 0.3 is 0 Å². The Kier molecular flexibility index (Phi) is 4.92. The summed E-state index contributed by atoms with van der Waals surface area (Å²) in [6, 6.07) is 0. The number of rotatable bonds is 4. The lowest BCUT2D eigenvalue weighted by molar-refractivity contribution is -0.495. The second-order valence-corrected chi connectivity index (χ2v) is 12.5. The maximum atomic E-state index is 6.53. The van der Waals surface area contributed by atoms with Gasteiger partial charge < -0.3 is 0 Å². The Morgan fingerprint density at radius 2 is 1.60 bits per heavy atom. The molecule has 2 heteroatoms. The lowest BCUT2D eigenvalue weighted by Gasteiger charge is -2.69. The predicted octanol–water partition coefficient (Wildman–Crippen LogP) is 7.50. The zero-order valence-electron chi connectivity index (χ0n) is 20.2. The highest BCUT2D eigenvalue weighted by Gasteiger charge is 2.73. The molecule has 0 aromatic carbocycles. The van der Waals surface area contributed by atoms with Crippen LogP contribution >= 0.6 is 0 Å². The van der Waals surface area contributed by atoms with Gasteiger partial charge in [0.15, 0.2) is 0 Å². The first kappa shape index (κ1) is 21.3. The van der Waals surface area contributed by atoms with E-state index in [0.717, 1.165) is 12.3 Å². The van der Waals surface area contributed by atoms with E-state index in [2.05, 4.69) is 65.8 Å². The molecule has 6 rings (SSSR count). The average Bonchev–Trinajstić information content (AvgIpc) is 3.09. The van der Waals surface area contributed by atoms with E-state index in [9.17, 15) is 0 Å². The summed E-state index contributed by atoms with van der Waals surface area (Å²) < 4.78 is 0. The van der Waals surface area contributed by atoms with Crippen LogP contribution in [-0.4, -0.2) is 11.2 Å². The molecular formula is C28H44O2. The van der Waals surface area contributed by atoms with E-state index in [1.165, 1.54) is 44.9 Å². The minimum atomic E-state index is -0.190. The Balaban J connectivity index is 1.45. The van der Waals surface area contributed by atoms with Gasteiger partial charge in [0.1, 0.15) is 11.2 Å².